The molecule has 2 aliphatic carbocycles. The van der Waals surface area contributed by atoms with E-state index in [0.29, 0.717) is 23.3 Å². The maximum Gasteiger partial charge on any atom is 0.310 e. The van der Waals surface area contributed by atoms with Crippen LogP contribution in [0.4, 0.5) is 0 Å². The number of likely N-dealkylation sites (tertiary alicyclic amines) is 1. The number of allylic oxidation sites excluding steroid dienone is 1. The summed E-state index contributed by atoms with van der Waals surface area (Å²) in [4.78, 5) is 15.3. The van der Waals surface area contributed by atoms with Crippen LogP contribution in [0, 0.1) is 23.2 Å². The number of fused-ring (bicyclic) bond motifs is 2. The van der Waals surface area contributed by atoms with E-state index < -0.39 is 0 Å². The average molecular weight is 346 g/mol. The Balaban J connectivity index is 1.51. The van der Waals surface area contributed by atoms with Crippen LogP contribution in [0.2, 0.25) is 0 Å². The van der Waals surface area contributed by atoms with E-state index in [1.807, 2.05) is 0 Å². The van der Waals surface area contributed by atoms with E-state index in [2.05, 4.69) is 25.3 Å². The molecule has 2 saturated carbocycles. The molecule has 2 saturated heterocycles. The van der Waals surface area contributed by atoms with Gasteiger partial charge in [-0.15, -0.1) is 0 Å². The van der Waals surface area contributed by atoms with Crippen LogP contribution >= 0.6 is 0 Å². The minimum Gasteiger partial charge on any atom is -0.462 e. The first-order chi connectivity index (χ1) is 12.0. The van der Waals surface area contributed by atoms with E-state index in [1.54, 1.807) is 0 Å². The first-order valence-corrected chi connectivity index (χ1v) is 10.6. The number of esters is 1. The Morgan fingerprint density at radius 1 is 1.32 bits per heavy atom. The Morgan fingerprint density at radius 3 is 2.96 bits per heavy atom. The summed E-state index contributed by atoms with van der Waals surface area (Å²) in [5, 5.41) is 0. The van der Waals surface area contributed by atoms with Crippen molar-refractivity contribution >= 4 is 5.97 Å². The summed E-state index contributed by atoms with van der Waals surface area (Å²) in [6.07, 6.45) is 11.2. The SMILES string of the molecule is C=C1CCC[C@]2(C)C[C@H]3OC(=O)C(CN4CCCCC4CC)[C@H]3CC12. The molecule has 0 bridgehead atoms. The van der Waals surface area contributed by atoms with Crippen LogP contribution in [-0.4, -0.2) is 36.1 Å². The highest BCUT2D eigenvalue weighted by molar-refractivity contribution is 5.75. The third-order valence-electron chi connectivity index (χ3n) is 7.97. The van der Waals surface area contributed by atoms with Crippen molar-refractivity contribution in [3.05, 3.63) is 12.2 Å². The molecule has 4 aliphatic rings. The lowest BCUT2D eigenvalue weighted by atomic mass is 9.55. The molecule has 3 unspecified atom stereocenters. The second-order valence-corrected chi connectivity index (χ2v) is 9.46. The number of ether oxygens (including phenoxy) is 1. The predicted octanol–water partition coefficient (Wildman–Crippen LogP) is 4.57. The molecule has 4 rings (SSSR count). The molecule has 2 heterocycles. The lowest BCUT2D eigenvalue weighted by molar-refractivity contribution is -0.146. The summed E-state index contributed by atoms with van der Waals surface area (Å²) < 4.78 is 5.94. The van der Waals surface area contributed by atoms with Gasteiger partial charge in [-0.25, -0.2) is 0 Å². The van der Waals surface area contributed by atoms with Crippen molar-refractivity contribution in [2.45, 2.75) is 83.8 Å². The largest absolute Gasteiger partial charge is 0.462 e. The smallest absolute Gasteiger partial charge is 0.310 e. The molecule has 2 aliphatic heterocycles. The van der Waals surface area contributed by atoms with Gasteiger partial charge in [-0.3, -0.25) is 9.69 Å². The first kappa shape index (κ1) is 17.6. The first-order valence-electron chi connectivity index (χ1n) is 10.6. The average Bonchev–Trinajstić information content (AvgIpc) is 2.88. The number of piperidine rings is 1. The molecule has 0 N–H and O–H groups in total. The maximum atomic E-state index is 12.7. The van der Waals surface area contributed by atoms with Crippen molar-refractivity contribution in [1.29, 1.82) is 0 Å². The van der Waals surface area contributed by atoms with Crippen LogP contribution in [0.3, 0.4) is 0 Å². The standard InChI is InChI=1S/C22H35NO2/c1-4-16-9-5-6-11-23(16)14-18-17-12-19-15(2)8-7-10-22(19,3)13-20(17)25-21(18)24/h16-20H,2,4-14H2,1,3H3/t16?,17-,18?,19?,20-,22-/m1/s1. The van der Waals surface area contributed by atoms with Crippen molar-refractivity contribution < 1.29 is 9.53 Å². The molecule has 0 aromatic rings. The molecular formula is C22H35NO2. The summed E-state index contributed by atoms with van der Waals surface area (Å²) in [7, 11) is 0. The summed E-state index contributed by atoms with van der Waals surface area (Å²) >= 11 is 0. The lowest BCUT2D eigenvalue weighted by Gasteiger charge is -2.50. The molecule has 4 fully saturated rings. The van der Waals surface area contributed by atoms with E-state index >= 15 is 0 Å². The number of carbonyl (C=O) groups is 1. The van der Waals surface area contributed by atoms with Crippen LogP contribution < -0.4 is 0 Å². The van der Waals surface area contributed by atoms with Crippen LogP contribution in [0.25, 0.3) is 0 Å². The van der Waals surface area contributed by atoms with Crippen molar-refractivity contribution in [3.63, 3.8) is 0 Å². The van der Waals surface area contributed by atoms with Gasteiger partial charge in [-0.1, -0.05) is 32.4 Å². The maximum absolute atomic E-state index is 12.7. The molecule has 0 aromatic carbocycles. The monoisotopic (exact) mass is 345 g/mol. The van der Waals surface area contributed by atoms with Gasteiger partial charge in [0, 0.05) is 18.5 Å². The Kier molecular flexibility index (Phi) is 4.72. The van der Waals surface area contributed by atoms with Crippen molar-refractivity contribution in [1.82, 2.24) is 4.90 Å². The number of nitrogens with zero attached hydrogens (tertiary/aromatic N) is 1. The molecular weight excluding hydrogens is 310 g/mol. The predicted molar refractivity (Wildman–Crippen MR) is 100 cm³/mol. The quantitative estimate of drug-likeness (QED) is 0.554. The van der Waals surface area contributed by atoms with Crippen LogP contribution in [0.5, 0.6) is 0 Å². The number of hydrogen-bond acceptors (Lipinski definition) is 3. The van der Waals surface area contributed by atoms with Crippen LogP contribution in [0.15, 0.2) is 12.2 Å². The zero-order valence-corrected chi connectivity index (χ0v) is 16.1. The van der Waals surface area contributed by atoms with Crippen molar-refractivity contribution in [3.8, 4) is 0 Å². The van der Waals surface area contributed by atoms with Crippen LogP contribution in [-0.2, 0) is 9.53 Å². The van der Waals surface area contributed by atoms with Gasteiger partial charge in [-0.05, 0) is 69.2 Å². The fourth-order valence-electron chi connectivity index (χ4n) is 6.48. The second kappa shape index (κ2) is 6.72. The normalized spacial score (nSPS) is 45.0. The minimum absolute atomic E-state index is 0.0864. The lowest BCUT2D eigenvalue weighted by Crippen LogP contribution is -2.47. The topological polar surface area (TPSA) is 29.5 Å². The number of hydrogen-bond donors (Lipinski definition) is 0. The molecule has 0 aromatic heterocycles. The van der Waals surface area contributed by atoms with Gasteiger partial charge in [0.2, 0.25) is 0 Å². The van der Waals surface area contributed by atoms with E-state index in [-0.39, 0.29) is 18.0 Å². The van der Waals surface area contributed by atoms with Gasteiger partial charge < -0.3 is 4.74 Å². The minimum atomic E-state index is 0.0864. The number of rotatable bonds is 3. The molecule has 140 valence electrons. The van der Waals surface area contributed by atoms with Gasteiger partial charge in [0.05, 0.1) is 5.92 Å². The summed E-state index contributed by atoms with van der Waals surface area (Å²) in [5.74, 6) is 1.20. The zero-order chi connectivity index (χ0) is 17.6. The van der Waals surface area contributed by atoms with Crippen molar-refractivity contribution in [2.75, 3.05) is 13.1 Å². The summed E-state index contributed by atoms with van der Waals surface area (Å²) in [6, 6.07) is 0.666. The van der Waals surface area contributed by atoms with E-state index in [4.69, 9.17) is 4.74 Å². The third-order valence-corrected chi connectivity index (χ3v) is 7.97. The van der Waals surface area contributed by atoms with Gasteiger partial charge in [0.25, 0.3) is 0 Å². The molecule has 0 amide bonds. The fraction of sp³-hybridized carbons (Fsp3) is 0.864. The van der Waals surface area contributed by atoms with Gasteiger partial charge in [-0.2, -0.15) is 0 Å². The highest BCUT2D eigenvalue weighted by Crippen LogP contribution is 2.57. The number of carbonyl (C=O) groups excluding carboxylic acids is 1. The Morgan fingerprint density at radius 2 is 2.16 bits per heavy atom. The van der Waals surface area contributed by atoms with E-state index in [1.165, 1.54) is 50.5 Å². The molecule has 3 nitrogen and oxygen atoms in total. The van der Waals surface area contributed by atoms with E-state index in [9.17, 15) is 4.79 Å². The van der Waals surface area contributed by atoms with E-state index in [0.717, 1.165) is 25.9 Å². The van der Waals surface area contributed by atoms with Gasteiger partial charge in [0.15, 0.2) is 0 Å². The fourth-order valence-corrected chi connectivity index (χ4v) is 6.48. The zero-order valence-electron chi connectivity index (χ0n) is 16.1. The van der Waals surface area contributed by atoms with Gasteiger partial charge >= 0.3 is 5.97 Å². The third kappa shape index (κ3) is 3.07. The highest BCUT2D eigenvalue weighted by Gasteiger charge is 2.55. The Labute approximate surface area is 153 Å². The molecule has 3 heteroatoms. The molecule has 25 heavy (non-hydrogen) atoms. The van der Waals surface area contributed by atoms with Crippen molar-refractivity contribution in [2.24, 2.45) is 23.2 Å². The highest BCUT2D eigenvalue weighted by atomic mass is 16.6. The Bertz CT molecular complexity index is 544. The summed E-state index contributed by atoms with van der Waals surface area (Å²) in [5.41, 5.74) is 1.75. The molecule has 0 radical (unpaired) electrons. The Hall–Kier alpha value is -0.830. The molecule has 0 spiro atoms. The van der Waals surface area contributed by atoms with Crippen LogP contribution in [0.1, 0.15) is 71.6 Å². The molecule has 6 atom stereocenters. The summed E-state index contributed by atoms with van der Waals surface area (Å²) in [6.45, 7) is 11.2. The second-order valence-electron chi connectivity index (χ2n) is 9.46. The van der Waals surface area contributed by atoms with Gasteiger partial charge in [0.1, 0.15) is 6.10 Å².